The van der Waals surface area contributed by atoms with Gasteiger partial charge in [0.2, 0.25) is 0 Å². The number of aromatic carboxylic acids is 1. The minimum Gasteiger partial charge on any atom is -0.506 e. The van der Waals surface area contributed by atoms with Crippen LogP contribution in [0, 0.1) is 0 Å². The van der Waals surface area contributed by atoms with Crippen LogP contribution in [0.25, 0.3) is 0 Å². The normalized spacial score (nSPS) is 11.2. The number of phenols is 1. The van der Waals surface area contributed by atoms with Gasteiger partial charge in [-0.15, -0.1) is 0 Å². The van der Waals surface area contributed by atoms with Gasteiger partial charge in [0.15, 0.2) is 5.75 Å². The van der Waals surface area contributed by atoms with Gasteiger partial charge in [-0.1, -0.05) is 23.2 Å². The predicted octanol–water partition coefficient (Wildman–Crippen LogP) is 3.20. The number of anilines is 1. The number of nitrogens with one attached hydrogen (secondary N) is 1. The lowest BCUT2D eigenvalue weighted by Gasteiger charge is -2.11. The molecule has 0 fully saturated rings. The summed E-state index contributed by atoms with van der Waals surface area (Å²) >= 11 is 11.4. The minimum atomic E-state index is -4.23. The number of benzene rings is 2. The van der Waals surface area contributed by atoms with Crippen molar-refractivity contribution in [2.45, 2.75) is 4.90 Å². The van der Waals surface area contributed by atoms with Gasteiger partial charge in [0.1, 0.15) is 10.5 Å². The van der Waals surface area contributed by atoms with Gasteiger partial charge in [0.25, 0.3) is 10.0 Å². The molecule has 2 aromatic carbocycles. The highest BCUT2D eigenvalue weighted by Crippen LogP contribution is 2.32. The van der Waals surface area contributed by atoms with E-state index in [4.69, 9.17) is 28.3 Å². The Hall–Kier alpha value is -1.96. The summed E-state index contributed by atoms with van der Waals surface area (Å²) in [4.78, 5) is 10.4. The van der Waals surface area contributed by atoms with Gasteiger partial charge in [0, 0.05) is 15.7 Å². The SMILES string of the molecule is O=C(O)c1cc(Cl)cc(S(=O)(=O)Nc2ccc(Cl)cc2)c1O. The number of rotatable bonds is 4. The van der Waals surface area contributed by atoms with Crippen LogP contribution < -0.4 is 4.72 Å². The molecule has 0 aliphatic rings. The fourth-order valence-electron chi connectivity index (χ4n) is 1.67. The number of hydrogen-bond acceptors (Lipinski definition) is 4. The maximum absolute atomic E-state index is 12.3. The smallest absolute Gasteiger partial charge is 0.339 e. The van der Waals surface area contributed by atoms with Gasteiger partial charge < -0.3 is 10.2 Å². The molecule has 22 heavy (non-hydrogen) atoms. The van der Waals surface area contributed by atoms with Crippen LogP contribution in [0.4, 0.5) is 5.69 Å². The Labute approximate surface area is 136 Å². The third-order valence-corrected chi connectivity index (χ3v) is 4.52. The number of hydrogen-bond donors (Lipinski definition) is 3. The molecule has 0 saturated carbocycles. The van der Waals surface area contributed by atoms with Crippen molar-refractivity contribution in [1.29, 1.82) is 0 Å². The molecule has 9 heteroatoms. The largest absolute Gasteiger partial charge is 0.506 e. The Kier molecular flexibility index (Phi) is 4.50. The van der Waals surface area contributed by atoms with Crippen LogP contribution in [-0.2, 0) is 10.0 Å². The third kappa shape index (κ3) is 3.44. The molecule has 0 unspecified atom stereocenters. The molecule has 3 N–H and O–H groups in total. The summed E-state index contributed by atoms with van der Waals surface area (Å²) < 4.78 is 26.8. The average molecular weight is 362 g/mol. The van der Waals surface area contributed by atoms with Gasteiger partial charge >= 0.3 is 5.97 Å². The van der Waals surface area contributed by atoms with Crippen molar-refractivity contribution >= 4 is 44.9 Å². The molecular formula is C13H9Cl2NO5S. The van der Waals surface area contributed by atoms with E-state index >= 15 is 0 Å². The van der Waals surface area contributed by atoms with Crippen LogP contribution in [0.15, 0.2) is 41.3 Å². The van der Waals surface area contributed by atoms with Crippen LogP contribution >= 0.6 is 23.2 Å². The van der Waals surface area contributed by atoms with E-state index in [0.717, 1.165) is 12.1 Å². The van der Waals surface area contributed by atoms with E-state index in [1.54, 1.807) is 0 Å². The molecule has 116 valence electrons. The fraction of sp³-hybridized carbons (Fsp3) is 0. The third-order valence-electron chi connectivity index (χ3n) is 2.66. The van der Waals surface area contributed by atoms with Crippen LogP contribution in [0.5, 0.6) is 5.75 Å². The molecule has 2 rings (SSSR count). The van der Waals surface area contributed by atoms with Crippen molar-refractivity contribution < 1.29 is 23.4 Å². The number of carboxylic acids is 1. The van der Waals surface area contributed by atoms with E-state index in [0.29, 0.717) is 5.02 Å². The Morgan fingerprint density at radius 1 is 1.05 bits per heavy atom. The molecule has 0 aliphatic carbocycles. The number of aromatic hydroxyl groups is 1. The first-order valence-electron chi connectivity index (χ1n) is 5.75. The lowest BCUT2D eigenvalue weighted by molar-refractivity contribution is 0.0693. The van der Waals surface area contributed by atoms with E-state index < -0.39 is 32.2 Å². The quantitative estimate of drug-likeness (QED) is 0.775. The summed E-state index contributed by atoms with van der Waals surface area (Å²) in [6.45, 7) is 0. The van der Waals surface area contributed by atoms with Crippen LogP contribution in [-0.4, -0.2) is 24.6 Å². The molecule has 0 amide bonds. The standard InChI is InChI=1S/C13H9Cl2NO5S/c14-7-1-3-9(4-2-7)16-22(20,21)11-6-8(15)5-10(12(11)17)13(18)19/h1-6,16-17H,(H,18,19). The highest BCUT2D eigenvalue weighted by atomic mass is 35.5. The molecular weight excluding hydrogens is 353 g/mol. The molecule has 0 atom stereocenters. The lowest BCUT2D eigenvalue weighted by atomic mass is 10.2. The summed E-state index contributed by atoms with van der Waals surface area (Å²) in [5.41, 5.74) is -0.412. The predicted molar refractivity (Wildman–Crippen MR) is 82.3 cm³/mol. The van der Waals surface area contributed by atoms with Gasteiger partial charge in [0.05, 0.1) is 0 Å². The Morgan fingerprint density at radius 3 is 2.18 bits per heavy atom. The zero-order valence-corrected chi connectivity index (χ0v) is 13.1. The highest BCUT2D eigenvalue weighted by Gasteiger charge is 2.24. The molecule has 0 heterocycles. The van der Waals surface area contributed by atoms with Gasteiger partial charge in [-0.25, -0.2) is 13.2 Å². The number of carbonyl (C=O) groups is 1. The molecule has 0 radical (unpaired) electrons. The Morgan fingerprint density at radius 2 is 1.64 bits per heavy atom. The molecule has 6 nitrogen and oxygen atoms in total. The van der Waals surface area contributed by atoms with E-state index in [-0.39, 0.29) is 10.7 Å². The van der Waals surface area contributed by atoms with Crippen LogP contribution in [0.1, 0.15) is 10.4 Å². The topological polar surface area (TPSA) is 104 Å². The zero-order chi connectivity index (χ0) is 16.5. The number of carboxylic acid groups (broad SMARTS) is 1. The van der Waals surface area contributed by atoms with E-state index in [1.165, 1.54) is 24.3 Å². The fourth-order valence-corrected chi connectivity index (χ4v) is 3.28. The summed E-state index contributed by atoms with van der Waals surface area (Å²) in [5, 5.41) is 19.1. The summed E-state index contributed by atoms with van der Waals surface area (Å²) in [5.74, 6) is -2.39. The van der Waals surface area contributed by atoms with E-state index in [2.05, 4.69) is 4.72 Å². The van der Waals surface area contributed by atoms with Crippen molar-refractivity contribution in [3.8, 4) is 5.75 Å². The van der Waals surface area contributed by atoms with Crippen molar-refractivity contribution in [1.82, 2.24) is 0 Å². The van der Waals surface area contributed by atoms with Crippen LogP contribution in [0.3, 0.4) is 0 Å². The maximum atomic E-state index is 12.3. The molecule has 0 aliphatic heterocycles. The summed E-state index contributed by atoms with van der Waals surface area (Å²) in [6.07, 6.45) is 0. The minimum absolute atomic E-state index is 0.133. The average Bonchev–Trinajstić information content (AvgIpc) is 2.43. The molecule has 0 spiro atoms. The van der Waals surface area contributed by atoms with Gasteiger partial charge in [-0.05, 0) is 36.4 Å². The van der Waals surface area contributed by atoms with Crippen molar-refractivity contribution in [3.63, 3.8) is 0 Å². The van der Waals surface area contributed by atoms with Crippen molar-refractivity contribution in [2.24, 2.45) is 0 Å². The lowest BCUT2D eigenvalue weighted by Crippen LogP contribution is -2.14. The first-order valence-corrected chi connectivity index (χ1v) is 7.99. The first-order chi connectivity index (χ1) is 10.2. The van der Waals surface area contributed by atoms with E-state index in [9.17, 15) is 18.3 Å². The summed E-state index contributed by atoms with van der Waals surface area (Å²) in [7, 11) is -4.23. The first kappa shape index (κ1) is 16.4. The number of sulfonamides is 1. The van der Waals surface area contributed by atoms with Crippen molar-refractivity contribution in [3.05, 3.63) is 52.0 Å². The Bertz CT molecular complexity index is 834. The van der Waals surface area contributed by atoms with Crippen LogP contribution in [0.2, 0.25) is 10.0 Å². The Balaban J connectivity index is 2.49. The second-order valence-electron chi connectivity index (χ2n) is 4.22. The molecule has 0 saturated heterocycles. The van der Waals surface area contributed by atoms with Gasteiger partial charge in [-0.2, -0.15) is 0 Å². The van der Waals surface area contributed by atoms with Crippen molar-refractivity contribution in [2.75, 3.05) is 4.72 Å². The molecule has 0 bridgehead atoms. The van der Waals surface area contributed by atoms with Gasteiger partial charge in [-0.3, -0.25) is 4.72 Å². The molecule has 2 aromatic rings. The second-order valence-corrected chi connectivity index (χ2v) is 6.74. The zero-order valence-electron chi connectivity index (χ0n) is 10.7. The summed E-state index contributed by atoms with van der Waals surface area (Å²) in [6, 6.07) is 7.70. The monoisotopic (exact) mass is 361 g/mol. The highest BCUT2D eigenvalue weighted by molar-refractivity contribution is 7.92. The van der Waals surface area contributed by atoms with E-state index in [1.807, 2.05) is 0 Å². The maximum Gasteiger partial charge on any atom is 0.339 e. The number of halogens is 2. The second kappa shape index (κ2) is 6.04. The molecule has 0 aromatic heterocycles.